The zero-order valence-corrected chi connectivity index (χ0v) is 14.5. The van der Waals surface area contributed by atoms with Gasteiger partial charge in [-0.3, -0.25) is 9.59 Å². The molecule has 1 aliphatic heterocycles. The van der Waals surface area contributed by atoms with E-state index >= 15 is 0 Å². The molecule has 1 unspecified atom stereocenters. The van der Waals surface area contributed by atoms with E-state index in [0.29, 0.717) is 36.8 Å². The SMILES string of the molecule is CCOc1ccccc1NC(=O)C1(C(=O)N2CCCC(C)C2)CC1. The summed E-state index contributed by atoms with van der Waals surface area (Å²) in [6.07, 6.45) is 3.46. The van der Waals surface area contributed by atoms with Gasteiger partial charge in [0, 0.05) is 13.1 Å². The topological polar surface area (TPSA) is 58.6 Å². The Morgan fingerprint density at radius 2 is 2.08 bits per heavy atom. The molecule has 1 saturated carbocycles. The number of para-hydroxylation sites is 2. The van der Waals surface area contributed by atoms with E-state index in [-0.39, 0.29) is 11.8 Å². The van der Waals surface area contributed by atoms with Crippen LogP contribution < -0.4 is 10.1 Å². The number of ether oxygens (including phenoxy) is 1. The molecule has 0 radical (unpaired) electrons. The number of nitrogens with zero attached hydrogens (tertiary/aromatic N) is 1. The maximum absolute atomic E-state index is 12.9. The summed E-state index contributed by atoms with van der Waals surface area (Å²) in [5.74, 6) is 0.960. The van der Waals surface area contributed by atoms with Gasteiger partial charge in [0.25, 0.3) is 0 Å². The fourth-order valence-electron chi connectivity index (χ4n) is 3.43. The summed E-state index contributed by atoms with van der Waals surface area (Å²) in [5.41, 5.74) is -0.230. The number of benzene rings is 1. The van der Waals surface area contributed by atoms with Gasteiger partial charge in [-0.15, -0.1) is 0 Å². The smallest absolute Gasteiger partial charge is 0.240 e. The minimum absolute atomic E-state index is 0.000408. The van der Waals surface area contributed by atoms with Gasteiger partial charge in [0.05, 0.1) is 12.3 Å². The molecule has 1 atom stereocenters. The molecule has 1 N–H and O–H groups in total. The van der Waals surface area contributed by atoms with Gasteiger partial charge >= 0.3 is 0 Å². The number of hydrogen-bond donors (Lipinski definition) is 1. The Labute approximate surface area is 143 Å². The van der Waals surface area contributed by atoms with Crippen molar-refractivity contribution in [2.24, 2.45) is 11.3 Å². The van der Waals surface area contributed by atoms with E-state index in [4.69, 9.17) is 4.74 Å². The lowest BCUT2D eigenvalue weighted by molar-refractivity contribution is -0.143. The van der Waals surface area contributed by atoms with Crippen molar-refractivity contribution in [2.75, 3.05) is 25.0 Å². The molecule has 1 aliphatic carbocycles. The zero-order valence-electron chi connectivity index (χ0n) is 14.5. The van der Waals surface area contributed by atoms with Crippen molar-refractivity contribution in [1.82, 2.24) is 4.90 Å². The van der Waals surface area contributed by atoms with Crippen LogP contribution in [0.3, 0.4) is 0 Å². The Kier molecular flexibility index (Phi) is 4.78. The highest BCUT2D eigenvalue weighted by atomic mass is 16.5. The minimum Gasteiger partial charge on any atom is -0.492 e. The van der Waals surface area contributed by atoms with E-state index in [2.05, 4.69) is 12.2 Å². The molecule has 0 aromatic heterocycles. The number of hydrogen-bond acceptors (Lipinski definition) is 3. The van der Waals surface area contributed by atoms with E-state index in [1.54, 1.807) is 0 Å². The molecule has 5 nitrogen and oxygen atoms in total. The Hall–Kier alpha value is -2.04. The molecule has 0 bridgehead atoms. The van der Waals surface area contributed by atoms with Crippen molar-refractivity contribution in [3.05, 3.63) is 24.3 Å². The number of rotatable bonds is 5. The highest BCUT2D eigenvalue weighted by molar-refractivity contribution is 6.13. The normalized spacial score (nSPS) is 21.9. The summed E-state index contributed by atoms with van der Waals surface area (Å²) in [6.45, 7) is 6.14. The number of carbonyl (C=O) groups excluding carboxylic acids is 2. The molecule has 1 saturated heterocycles. The lowest BCUT2D eigenvalue weighted by Gasteiger charge is -2.33. The van der Waals surface area contributed by atoms with E-state index in [9.17, 15) is 9.59 Å². The van der Waals surface area contributed by atoms with Crippen LogP contribution in [0.25, 0.3) is 0 Å². The summed E-state index contributed by atoms with van der Waals surface area (Å²) in [4.78, 5) is 27.6. The standard InChI is InChI=1S/C19H26N2O3/c1-3-24-16-9-5-4-8-15(16)20-17(22)19(10-11-19)18(23)21-12-6-7-14(2)13-21/h4-5,8-9,14H,3,6-7,10-13H2,1-2H3,(H,20,22). The van der Waals surface area contributed by atoms with Crippen LogP contribution >= 0.6 is 0 Å². The Bertz CT molecular complexity index is 625. The van der Waals surface area contributed by atoms with Gasteiger partial charge < -0.3 is 15.0 Å². The van der Waals surface area contributed by atoms with Crippen LogP contribution in [0, 0.1) is 11.3 Å². The number of likely N-dealkylation sites (tertiary alicyclic amines) is 1. The molecule has 2 fully saturated rings. The van der Waals surface area contributed by atoms with Crippen molar-refractivity contribution in [3.8, 4) is 5.75 Å². The molecule has 1 aromatic rings. The van der Waals surface area contributed by atoms with Crippen LogP contribution in [0.4, 0.5) is 5.69 Å². The molecule has 1 aromatic carbocycles. The van der Waals surface area contributed by atoms with Crippen LogP contribution in [0.5, 0.6) is 5.75 Å². The van der Waals surface area contributed by atoms with Gasteiger partial charge in [-0.1, -0.05) is 19.1 Å². The minimum atomic E-state index is -0.865. The van der Waals surface area contributed by atoms with Gasteiger partial charge in [-0.2, -0.15) is 0 Å². The molecule has 5 heteroatoms. The fourth-order valence-corrected chi connectivity index (χ4v) is 3.43. The maximum atomic E-state index is 12.9. The highest BCUT2D eigenvalue weighted by Crippen LogP contribution is 2.49. The van der Waals surface area contributed by atoms with E-state index in [1.807, 2.05) is 36.1 Å². The van der Waals surface area contributed by atoms with Crippen molar-refractivity contribution in [3.63, 3.8) is 0 Å². The fraction of sp³-hybridized carbons (Fsp3) is 0.579. The summed E-state index contributed by atoms with van der Waals surface area (Å²) >= 11 is 0. The van der Waals surface area contributed by atoms with Gasteiger partial charge in [-0.05, 0) is 50.7 Å². The lowest BCUT2D eigenvalue weighted by Crippen LogP contribution is -2.46. The van der Waals surface area contributed by atoms with E-state index < -0.39 is 5.41 Å². The summed E-state index contributed by atoms with van der Waals surface area (Å²) in [6, 6.07) is 7.36. The maximum Gasteiger partial charge on any atom is 0.240 e. The largest absolute Gasteiger partial charge is 0.492 e. The second-order valence-electron chi connectivity index (χ2n) is 6.96. The molecule has 3 rings (SSSR count). The van der Waals surface area contributed by atoms with Crippen LogP contribution in [-0.4, -0.2) is 36.4 Å². The van der Waals surface area contributed by atoms with Crippen LogP contribution in [0.2, 0.25) is 0 Å². The molecule has 130 valence electrons. The van der Waals surface area contributed by atoms with Crippen LogP contribution in [0.1, 0.15) is 39.5 Å². The summed E-state index contributed by atoms with van der Waals surface area (Å²) in [5, 5.41) is 2.92. The molecular weight excluding hydrogens is 304 g/mol. The van der Waals surface area contributed by atoms with Crippen molar-refractivity contribution in [1.29, 1.82) is 0 Å². The third-order valence-corrected chi connectivity index (χ3v) is 4.97. The third-order valence-electron chi connectivity index (χ3n) is 4.97. The Morgan fingerprint density at radius 1 is 1.33 bits per heavy atom. The second-order valence-corrected chi connectivity index (χ2v) is 6.96. The van der Waals surface area contributed by atoms with E-state index in [0.717, 1.165) is 25.9 Å². The van der Waals surface area contributed by atoms with Gasteiger partial charge in [-0.25, -0.2) is 0 Å². The molecule has 0 spiro atoms. The number of carbonyl (C=O) groups is 2. The Balaban J connectivity index is 1.71. The number of amides is 2. The van der Waals surface area contributed by atoms with Gasteiger partial charge in [0.2, 0.25) is 11.8 Å². The van der Waals surface area contributed by atoms with Gasteiger partial charge in [0.1, 0.15) is 11.2 Å². The quantitative estimate of drug-likeness (QED) is 0.844. The van der Waals surface area contributed by atoms with Crippen molar-refractivity contribution in [2.45, 2.75) is 39.5 Å². The number of anilines is 1. The van der Waals surface area contributed by atoms with Crippen LogP contribution in [0.15, 0.2) is 24.3 Å². The Morgan fingerprint density at radius 3 is 2.75 bits per heavy atom. The average molecular weight is 330 g/mol. The predicted octanol–water partition coefficient (Wildman–Crippen LogP) is 3.06. The van der Waals surface area contributed by atoms with Crippen LogP contribution in [-0.2, 0) is 9.59 Å². The first-order valence-electron chi connectivity index (χ1n) is 8.89. The van der Waals surface area contributed by atoms with Crippen molar-refractivity contribution < 1.29 is 14.3 Å². The molecule has 2 aliphatic rings. The van der Waals surface area contributed by atoms with E-state index in [1.165, 1.54) is 0 Å². The summed E-state index contributed by atoms with van der Waals surface area (Å²) < 4.78 is 5.55. The molecule has 24 heavy (non-hydrogen) atoms. The first kappa shape index (κ1) is 16.8. The molecule has 2 amide bonds. The second kappa shape index (κ2) is 6.83. The highest BCUT2D eigenvalue weighted by Gasteiger charge is 2.58. The van der Waals surface area contributed by atoms with Gasteiger partial charge in [0.15, 0.2) is 0 Å². The first-order valence-corrected chi connectivity index (χ1v) is 8.89. The first-order chi connectivity index (χ1) is 11.6. The third kappa shape index (κ3) is 3.25. The average Bonchev–Trinajstić information content (AvgIpc) is 3.38. The monoisotopic (exact) mass is 330 g/mol. The number of nitrogens with one attached hydrogen (secondary N) is 1. The number of piperidine rings is 1. The lowest BCUT2D eigenvalue weighted by atomic mass is 9.96. The predicted molar refractivity (Wildman–Crippen MR) is 92.9 cm³/mol. The molecule has 1 heterocycles. The van der Waals surface area contributed by atoms with Crippen molar-refractivity contribution >= 4 is 17.5 Å². The molecular formula is C19H26N2O3. The summed E-state index contributed by atoms with van der Waals surface area (Å²) in [7, 11) is 0. The zero-order chi connectivity index (χ0) is 17.2.